The number of nitrogens with zero attached hydrogens (tertiary/aromatic N) is 1. The molecule has 1 fully saturated rings. The first-order valence-corrected chi connectivity index (χ1v) is 19.1. The van der Waals surface area contributed by atoms with E-state index in [1.54, 1.807) is 4.90 Å². The van der Waals surface area contributed by atoms with E-state index < -0.39 is 47.4 Å². The van der Waals surface area contributed by atoms with Crippen LogP contribution in [0.5, 0.6) is 11.5 Å². The van der Waals surface area contributed by atoms with Gasteiger partial charge in [0.15, 0.2) is 0 Å². The molecule has 1 heterocycles. The fourth-order valence-electron chi connectivity index (χ4n) is 7.14. The molecule has 0 radical (unpaired) electrons. The van der Waals surface area contributed by atoms with Gasteiger partial charge in [-0.15, -0.1) is 0 Å². The molecule has 286 valence electrons. The summed E-state index contributed by atoms with van der Waals surface area (Å²) in [5, 5.41) is 3.04. The van der Waals surface area contributed by atoms with Gasteiger partial charge in [-0.05, 0) is 86.6 Å². The molecule has 5 atom stereocenters. The minimum absolute atomic E-state index is 0.0884. The Morgan fingerprint density at radius 3 is 1.92 bits per heavy atom. The van der Waals surface area contributed by atoms with Crippen molar-refractivity contribution in [3.05, 3.63) is 60.2 Å². The van der Waals surface area contributed by atoms with Crippen molar-refractivity contribution in [3.63, 3.8) is 0 Å². The molecule has 3 rings (SSSR count). The van der Waals surface area contributed by atoms with E-state index in [2.05, 4.69) is 16.2 Å². The maximum atomic E-state index is 14.1. The van der Waals surface area contributed by atoms with E-state index >= 15 is 0 Å². The molecule has 5 N–H and O–H groups in total. The van der Waals surface area contributed by atoms with Gasteiger partial charge in [-0.25, -0.2) is 0 Å². The molecule has 11 nitrogen and oxygen atoms in total. The summed E-state index contributed by atoms with van der Waals surface area (Å²) in [6.45, 7) is 12.7. The Morgan fingerprint density at radius 1 is 0.769 bits per heavy atom. The molecule has 0 aromatic heterocycles. The smallest absolute Gasteiger partial charge is 0.245 e. The molecular weight excluding hydrogens is 658 g/mol. The Bertz CT molecular complexity index is 1460. The Kier molecular flexibility index (Phi) is 17.1. The predicted octanol–water partition coefficient (Wildman–Crippen LogP) is 6.27. The zero-order valence-electron chi connectivity index (χ0n) is 32.0. The number of para-hydroxylation sites is 1. The van der Waals surface area contributed by atoms with Crippen LogP contribution in [0, 0.1) is 35.5 Å². The first kappa shape index (κ1) is 42.0. The molecule has 0 bridgehead atoms. The molecule has 11 heteroatoms. The topological polar surface area (TPSA) is 160 Å². The number of carbonyl (C=O) groups is 5. The van der Waals surface area contributed by atoms with Gasteiger partial charge in [-0.1, -0.05) is 84.7 Å². The largest absolute Gasteiger partial charge is 0.457 e. The summed E-state index contributed by atoms with van der Waals surface area (Å²) in [6.07, 6.45) is 5.11. The van der Waals surface area contributed by atoms with Crippen LogP contribution in [0.15, 0.2) is 54.6 Å². The molecule has 0 saturated carbocycles. The molecule has 1 aliphatic rings. The number of carbonyl (C=O) groups excluding carboxylic acids is 5. The number of ether oxygens (including phenoxy) is 1. The lowest BCUT2D eigenvalue weighted by molar-refractivity contribution is -0.141. The molecule has 0 aliphatic carbocycles. The number of nitrogens with two attached hydrogens (primary N) is 1. The number of benzene rings is 2. The summed E-state index contributed by atoms with van der Waals surface area (Å²) in [4.78, 5) is 69.2. The lowest BCUT2D eigenvalue weighted by Gasteiger charge is -2.30. The van der Waals surface area contributed by atoms with E-state index in [0.29, 0.717) is 63.8 Å². The predicted molar refractivity (Wildman–Crippen MR) is 202 cm³/mol. The van der Waals surface area contributed by atoms with Gasteiger partial charge in [0.25, 0.3) is 0 Å². The highest BCUT2D eigenvalue weighted by atomic mass is 16.5. The highest BCUT2D eigenvalue weighted by Gasteiger charge is 2.38. The standard InChI is InChI=1S/C41H61N5O6/c1-7-15-32(34(37(42)47)23-27(3)4)39(49)44-45-40(50)33(16-8-2)35(24-28(5)6)38(48)43-36-21-12-13-22-46(41(36)51)26-29-17-14-20-31(25-29)52-30-18-10-9-11-19-30/h9-11,14,17-20,25,27-28,32-36H,7-8,12-13,15-16,21-24,26H2,1-6H3,(H2,42,47)(H,43,48)(H,44,49)(H,45,50)/t32-,33-,34+,35+,36-/m0/s1. The second-order valence-electron chi connectivity index (χ2n) is 15.0. The van der Waals surface area contributed by atoms with Crippen LogP contribution in [0.3, 0.4) is 0 Å². The number of likely N-dealkylation sites (tertiary alicyclic amines) is 1. The van der Waals surface area contributed by atoms with E-state index in [1.807, 2.05) is 96.1 Å². The summed E-state index contributed by atoms with van der Waals surface area (Å²) in [6, 6.07) is 16.4. The normalized spacial score (nSPS) is 17.1. The minimum atomic E-state index is -0.746. The molecule has 52 heavy (non-hydrogen) atoms. The van der Waals surface area contributed by atoms with E-state index in [0.717, 1.165) is 24.2 Å². The third kappa shape index (κ3) is 13.0. The summed E-state index contributed by atoms with van der Waals surface area (Å²) in [7, 11) is 0. The quantitative estimate of drug-likeness (QED) is 0.125. The Morgan fingerprint density at radius 2 is 1.35 bits per heavy atom. The number of nitrogens with one attached hydrogen (secondary N) is 3. The number of primary amides is 1. The van der Waals surface area contributed by atoms with Gasteiger partial charge < -0.3 is 20.7 Å². The van der Waals surface area contributed by atoms with Crippen LogP contribution in [-0.2, 0) is 30.5 Å². The molecule has 2 aromatic rings. The average molecular weight is 720 g/mol. The van der Waals surface area contributed by atoms with Gasteiger partial charge in [-0.3, -0.25) is 34.8 Å². The van der Waals surface area contributed by atoms with Gasteiger partial charge in [0.1, 0.15) is 17.5 Å². The lowest BCUT2D eigenvalue weighted by Crippen LogP contribution is -2.53. The highest BCUT2D eigenvalue weighted by Crippen LogP contribution is 2.28. The number of hydrogen-bond donors (Lipinski definition) is 4. The van der Waals surface area contributed by atoms with E-state index in [-0.39, 0.29) is 23.7 Å². The molecule has 5 amide bonds. The lowest BCUT2D eigenvalue weighted by atomic mass is 9.81. The summed E-state index contributed by atoms with van der Waals surface area (Å²) < 4.78 is 6.00. The number of hydrazine groups is 1. The van der Waals surface area contributed by atoms with Crippen LogP contribution in [0.25, 0.3) is 0 Å². The van der Waals surface area contributed by atoms with Crippen LogP contribution in [0.2, 0.25) is 0 Å². The maximum Gasteiger partial charge on any atom is 0.245 e. The third-order valence-electron chi connectivity index (χ3n) is 9.65. The van der Waals surface area contributed by atoms with Gasteiger partial charge >= 0.3 is 0 Å². The highest BCUT2D eigenvalue weighted by molar-refractivity contribution is 5.93. The van der Waals surface area contributed by atoms with Crippen LogP contribution in [0.1, 0.15) is 105 Å². The molecule has 2 aromatic carbocycles. The first-order chi connectivity index (χ1) is 24.8. The zero-order chi connectivity index (χ0) is 38.2. The van der Waals surface area contributed by atoms with E-state index in [9.17, 15) is 24.0 Å². The summed E-state index contributed by atoms with van der Waals surface area (Å²) in [5.41, 5.74) is 11.8. The van der Waals surface area contributed by atoms with E-state index in [4.69, 9.17) is 10.5 Å². The first-order valence-electron chi connectivity index (χ1n) is 19.1. The third-order valence-corrected chi connectivity index (χ3v) is 9.65. The van der Waals surface area contributed by atoms with Gasteiger partial charge in [0.2, 0.25) is 29.5 Å². The molecule has 1 saturated heterocycles. The van der Waals surface area contributed by atoms with Crippen LogP contribution < -0.4 is 26.6 Å². The molecule has 1 aliphatic heterocycles. The summed E-state index contributed by atoms with van der Waals surface area (Å²) >= 11 is 0. The van der Waals surface area contributed by atoms with Crippen molar-refractivity contribution in [2.75, 3.05) is 6.54 Å². The van der Waals surface area contributed by atoms with Crippen LogP contribution in [0.4, 0.5) is 0 Å². The maximum absolute atomic E-state index is 14.1. The van der Waals surface area contributed by atoms with Crippen molar-refractivity contribution in [3.8, 4) is 11.5 Å². The van der Waals surface area contributed by atoms with Gasteiger partial charge in [-0.2, -0.15) is 0 Å². The van der Waals surface area contributed by atoms with Gasteiger partial charge in [0.05, 0.1) is 11.8 Å². The van der Waals surface area contributed by atoms with Crippen molar-refractivity contribution < 1.29 is 28.7 Å². The second-order valence-corrected chi connectivity index (χ2v) is 15.0. The SMILES string of the molecule is CCC[C@H](C(=O)NNC(=O)[C@@H](CCC)[C@@H](CC(C)C)C(=O)N[C@H]1CCCCN(Cc2cccc(Oc3ccccc3)c2)C1=O)[C@@H](CC(C)C)C(N)=O. The molecular formula is C41H61N5O6. The van der Waals surface area contributed by atoms with Crippen molar-refractivity contribution in [1.82, 2.24) is 21.1 Å². The van der Waals surface area contributed by atoms with Crippen LogP contribution >= 0.6 is 0 Å². The Labute approximate surface area is 310 Å². The van der Waals surface area contributed by atoms with Crippen molar-refractivity contribution in [1.29, 1.82) is 0 Å². The summed E-state index contributed by atoms with van der Waals surface area (Å²) in [5.74, 6) is -3.16. The Hall–Kier alpha value is -4.41. The van der Waals surface area contributed by atoms with Crippen molar-refractivity contribution >= 4 is 29.5 Å². The fourth-order valence-corrected chi connectivity index (χ4v) is 7.14. The zero-order valence-corrected chi connectivity index (χ0v) is 32.0. The van der Waals surface area contributed by atoms with Crippen LogP contribution in [-0.4, -0.2) is 47.0 Å². The average Bonchev–Trinajstić information content (AvgIpc) is 3.27. The number of hydrogen-bond acceptors (Lipinski definition) is 6. The number of amides is 5. The van der Waals surface area contributed by atoms with Crippen molar-refractivity contribution in [2.24, 2.45) is 41.2 Å². The fraction of sp³-hybridized carbons (Fsp3) is 0.585. The molecule has 0 unspecified atom stereocenters. The monoisotopic (exact) mass is 719 g/mol. The molecule has 0 spiro atoms. The number of rotatable bonds is 19. The van der Waals surface area contributed by atoms with Gasteiger partial charge in [0, 0.05) is 24.9 Å². The van der Waals surface area contributed by atoms with Crippen molar-refractivity contribution in [2.45, 2.75) is 112 Å². The minimum Gasteiger partial charge on any atom is -0.457 e. The Balaban J connectivity index is 1.73. The second kappa shape index (κ2) is 21.2. The van der Waals surface area contributed by atoms with E-state index in [1.165, 1.54) is 0 Å².